The highest BCUT2D eigenvalue weighted by molar-refractivity contribution is 7.99. The van der Waals surface area contributed by atoms with Crippen LogP contribution in [0.4, 0.5) is 0 Å². The molecule has 1 amide bonds. The first-order valence-corrected chi connectivity index (χ1v) is 4.43. The van der Waals surface area contributed by atoms with Crippen LogP contribution in [0.3, 0.4) is 0 Å². The average molecular weight is 204 g/mol. The lowest BCUT2D eigenvalue weighted by Crippen LogP contribution is -2.13. The number of nitrogens with zero attached hydrogens (tertiary/aromatic N) is 2. The highest BCUT2D eigenvalue weighted by Crippen LogP contribution is 2.12. The Morgan fingerprint density at radius 2 is 2.17 bits per heavy atom. The monoisotopic (exact) mass is 203 g/mol. The van der Waals surface area contributed by atoms with Gasteiger partial charge in [0.1, 0.15) is 0 Å². The van der Waals surface area contributed by atoms with Gasteiger partial charge in [0.25, 0.3) is 0 Å². The van der Waals surface area contributed by atoms with Gasteiger partial charge < -0.3 is 5.73 Å². The number of nitrogens with two attached hydrogens (primary N) is 1. The molecule has 0 bridgehead atoms. The first kappa shape index (κ1) is 9.28. The molecule has 64 valence electrons. The highest BCUT2D eigenvalue weighted by atomic mass is 35.5. The van der Waals surface area contributed by atoms with Crippen molar-refractivity contribution in [3.63, 3.8) is 0 Å². The summed E-state index contributed by atoms with van der Waals surface area (Å²) in [6, 6.07) is 0. The molecule has 0 aliphatic rings. The number of halogens is 1. The van der Waals surface area contributed by atoms with E-state index in [0.717, 1.165) is 0 Å². The maximum Gasteiger partial charge on any atom is 0.227 e. The van der Waals surface area contributed by atoms with Crippen LogP contribution < -0.4 is 5.73 Å². The number of rotatable bonds is 3. The quantitative estimate of drug-likeness (QED) is 0.580. The Kier molecular flexibility index (Phi) is 3.31. The van der Waals surface area contributed by atoms with Gasteiger partial charge in [-0.3, -0.25) is 4.79 Å². The molecule has 4 nitrogen and oxygen atoms in total. The molecule has 1 heterocycles. The number of thioether (sulfide) groups is 1. The van der Waals surface area contributed by atoms with Crippen molar-refractivity contribution < 1.29 is 4.79 Å². The van der Waals surface area contributed by atoms with Crippen LogP contribution >= 0.6 is 23.4 Å². The van der Waals surface area contributed by atoms with Crippen molar-refractivity contribution in [3.05, 3.63) is 17.4 Å². The Bertz CT molecular complexity index is 277. The molecule has 1 aromatic rings. The van der Waals surface area contributed by atoms with Crippen LogP contribution in [0.15, 0.2) is 17.6 Å². The van der Waals surface area contributed by atoms with Crippen LogP contribution in [0.2, 0.25) is 5.02 Å². The van der Waals surface area contributed by atoms with Crippen molar-refractivity contribution in [2.24, 2.45) is 5.73 Å². The van der Waals surface area contributed by atoms with E-state index < -0.39 is 5.91 Å². The Morgan fingerprint density at radius 3 is 2.67 bits per heavy atom. The van der Waals surface area contributed by atoms with Crippen LogP contribution in [0.25, 0.3) is 0 Å². The van der Waals surface area contributed by atoms with E-state index in [1.807, 2.05) is 0 Å². The summed E-state index contributed by atoms with van der Waals surface area (Å²) in [7, 11) is 0. The average Bonchev–Trinajstić information content (AvgIpc) is 2.03. The summed E-state index contributed by atoms with van der Waals surface area (Å²) in [6.45, 7) is 0. The van der Waals surface area contributed by atoms with Gasteiger partial charge in [-0.05, 0) is 0 Å². The number of aromatic nitrogens is 2. The fraction of sp³-hybridized carbons (Fsp3) is 0.167. The van der Waals surface area contributed by atoms with Gasteiger partial charge in [0.15, 0.2) is 5.16 Å². The second kappa shape index (κ2) is 4.27. The second-order valence-electron chi connectivity index (χ2n) is 1.94. The molecule has 1 aromatic heterocycles. The van der Waals surface area contributed by atoms with Crippen LogP contribution in [0.5, 0.6) is 0 Å². The normalized spacial score (nSPS) is 9.75. The molecule has 0 saturated carbocycles. The molecular formula is C6H6ClN3OS. The number of carbonyl (C=O) groups is 1. The summed E-state index contributed by atoms with van der Waals surface area (Å²) < 4.78 is 0. The molecule has 0 aromatic carbocycles. The van der Waals surface area contributed by atoms with Gasteiger partial charge in [-0.1, -0.05) is 23.4 Å². The minimum atomic E-state index is -0.390. The third-order valence-corrected chi connectivity index (χ3v) is 2.03. The number of primary amides is 1. The zero-order valence-corrected chi connectivity index (χ0v) is 7.60. The van der Waals surface area contributed by atoms with Crippen LogP contribution in [0, 0.1) is 0 Å². The fourth-order valence-corrected chi connectivity index (χ4v) is 1.13. The molecule has 0 aliphatic carbocycles. The number of carbonyl (C=O) groups excluding carboxylic acids is 1. The standard InChI is InChI=1S/C6H6ClN3OS/c7-4-1-9-6(10-2-4)12-3-5(8)11/h1-2H,3H2,(H2,8,11). The van der Waals surface area contributed by atoms with Crippen molar-refractivity contribution in [1.29, 1.82) is 0 Å². The number of hydrogen-bond acceptors (Lipinski definition) is 4. The van der Waals surface area contributed by atoms with Crippen molar-refractivity contribution in [2.45, 2.75) is 5.16 Å². The summed E-state index contributed by atoms with van der Waals surface area (Å²) in [5.41, 5.74) is 4.93. The lowest BCUT2D eigenvalue weighted by molar-refractivity contribution is -0.115. The molecule has 0 radical (unpaired) electrons. The second-order valence-corrected chi connectivity index (χ2v) is 3.32. The first-order valence-electron chi connectivity index (χ1n) is 3.07. The summed E-state index contributed by atoms with van der Waals surface area (Å²) in [4.78, 5) is 18.1. The Hall–Kier alpha value is -0.810. The van der Waals surface area contributed by atoms with Crippen LogP contribution in [-0.2, 0) is 4.79 Å². The smallest absolute Gasteiger partial charge is 0.227 e. The molecule has 0 unspecified atom stereocenters. The molecule has 0 aliphatic heterocycles. The minimum absolute atomic E-state index is 0.182. The minimum Gasteiger partial charge on any atom is -0.369 e. The van der Waals surface area contributed by atoms with Crippen molar-refractivity contribution in [2.75, 3.05) is 5.75 Å². The van der Waals surface area contributed by atoms with Gasteiger partial charge in [-0.25, -0.2) is 9.97 Å². The van der Waals surface area contributed by atoms with E-state index in [0.29, 0.717) is 10.2 Å². The Balaban J connectivity index is 2.53. The number of amides is 1. The fourth-order valence-electron chi connectivity index (χ4n) is 0.511. The van der Waals surface area contributed by atoms with E-state index in [2.05, 4.69) is 9.97 Å². The SMILES string of the molecule is NC(=O)CSc1ncc(Cl)cn1. The van der Waals surface area contributed by atoms with Crippen molar-refractivity contribution >= 4 is 29.3 Å². The lowest BCUT2D eigenvalue weighted by atomic mass is 10.7. The lowest BCUT2D eigenvalue weighted by Gasteiger charge is -1.95. The van der Waals surface area contributed by atoms with Gasteiger partial charge in [-0.2, -0.15) is 0 Å². The van der Waals surface area contributed by atoms with E-state index >= 15 is 0 Å². The predicted molar refractivity (Wildman–Crippen MR) is 47.0 cm³/mol. The van der Waals surface area contributed by atoms with Gasteiger partial charge in [-0.15, -0.1) is 0 Å². The molecule has 6 heteroatoms. The van der Waals surface area contributed by atoms with E-state index in [9.17, 15) is 4.79 Å². The zero-order chi connectivity index (χ0) is 8.97. The molecule has 0 fully saturated rings. The molecule has 1 rings (SSSR count). The highest BCUT2D eigenvalue weighted by Gasteiger charge is 1.99. The van der Waals surface area contributed by atoms with E-state index in [-0.39, 0.29) is 5.75 Å². The molecule has 0 atom stereocenters. The molecule has 2 N–H and O–H groups in total. The van der Waals surface area contributed by atoms with E-state index in [1.165, 1.54) is 24.2 Å². The third kappa shape index (κ3) is 3.06. The van der Waals surface area contributed by atoms with Gasteiger partial charge in [0.05, 0.1) is 23.2 Å². The van der Waals surface area contributed by atoms with Crippen LogP contribution in [-0.4, -0.2) is 21.6 Å². The summed E-state index contributed by atoms with van der Waals surface area (Å²) in [5.74, 6) is -0.208. The van der Waals surface area contributed by atoms with Gasteiger partial charge in [0.2, 0.25) is 5.91 Å². The summed E-state index contributed by atoms with van der Waals surface area (Å²) in [5, 5.41) is 0.969. The van der Waals surface area contributed by atoms with Crippen molar-refractivity contribution in [3.8, 4) is 0 Å². The topological polar surface area (TPSA) is 68.9 Å². The maximum absolute atomic E-state index is 10.4. The zero-order valence-electron chi connectivity index (χ0n) is 6.03. The van der Waals surface area contributed by atoms with E-state index in [1.54, 1.807) is 0 Å². The Morgan fingerprint density at radius 1 is 1.58 bits per heavy atom. The number of hydrogen-bond donors (Lipinski definition) is 1. The molecule has 0 saturated heterocycles. The molecule has 0 spiro atoms. The summed E-state index contributed by atoms with van der Waals surface area (Å²) >= 11 is 6.73. The predicted octanol–water partition coefficient (Wildman–Crippen LogP) is 0.707. The molecular weight excluding hydrogens is 198 g/mol. The molecule has 12 heavy (non-hydrogen) atoms. The van der Waals surface area contributed by atoms with Gasteiger partial charge >= 0.3 is 0 Å². The third-order valence-electron chi connectivity index (χ3n) is 0.940. The van der Waals surface area contributed by atoms with E-state index in [4.69, 9.17) is 17.3 Å². The largest absolute Gasteiger partial charge is 0.369 e. The van der Waals surface area contributed by atoms with Crippen LogP contribution in [0.1, 0.15) is 0 Å². The summed E-state index contributed by atoms with van der Waals surface area (Å²) in [6.07, 6.45) is 2.94. The van der Waals surface area contributed by atoms with Gasteiger partial charge in [0, 0.05) is 0 Å². The first-order chi connectivity index (χ1) is 5.68. The van der Waals surface area contributed by atoms with Crippen molar-refractivity contribution in [1.82, 2.24) is 9.97 Å². The Labute approximate surface area is 78.5 Å². The maximum atomic E-state index is 10.4.